The van der Waals surface area contributed by atoms with Crippen LogP contribution in [0.1, 0.15) is 75.3 Å². The number of halogens is 1. The molecule has 2 heterocycles. The van der Waals surface area contributed by atoms with E-state index >= 15 is 0 Å². The van der Waals surface area contributed by atoms with Crippen molar-refractivity contribution < 1.29 is 23.5 Å². The van der Waals surface area contributed by atoms with Gasteiger partial charge in [-0.15, -0.1) is 0 Å². The van der Waals surface area contributed by atoms with Gasteiger partial charge in [-0.3, -0.25) is 19.4 Å². The molecule has 0 radical (unpaired) electrons. The van der Waals surface area contributed by atoms with Crippen molar-refractivity contribution in [3.63, 3.8) is 0 Å². The molecule has 0 bridgehead atoms. The molecule has 210 valence electrons. The summed E-state index contributed by atoms with van der Waals surface area (Å²) in [6.07, 6.45) is 5.66. The molecule has 8 nitrogen and oxygen atoms in total. The summed E-state index contributed by atoms with van der Waals surface area (Å²) in [7, 11) is 0. The number of nitrogens with zero attached hydrogens (tertiary/aromatic N) is 3. The van der Waals surface area contributed by atoms with Gasteiger partial charge in [-0.05, 0) is 87.1 Å². The molecule has 9 heteroatoms. The number of rotatable bonds is 7. The summed E-state index contributed by atoms with van der Waals surface area (Å²) in [4.78, 5) is 44.6. The van der Waals surface area contributed by atoms with Crippen LogP contribution in [0.2, 0.25) is 0 Å². The summed E-state index contributed by atoms with van der Waals surface area (Å²) in [5.41, 5.74) is 1.74. The quantitative estimate of drug-likeness (QED) is 0.414. The van der Waals surface area contributed by atoms with Crippen molar-refractivity contribution in [2.24, 2.45) is 5.92 Å². The van der Waals surface area contributed by atoms with E-state index in [1.54, 1.807) is 53.4 Å². The molecule has 2 fully saturated rings. The number of piperidine rings is 1. The minimum absolute atomic E-state index is 0.00645. The first-order chi connectivity index (χ1) is 19.9. The minimum atomic E-state index is -0.301. The average molecular weight is 555 g/mol. The van der Waals surface area contributed by atoms with Crippen LogP contribution in [0.15, 0.2) is 66.9 Å². The van der Waals surface area contributed by atoms with Gasteiger partial charge in [0.15, 0.2) is 5.78 Å². The molecule has 3 aromatic rings. The number of nitrogens with one attached hydrogen (secondary N) is 1. The van der Waals surface area contributed by atoms with Gasteiger partial charge in [0.25, 0.3) is 11.8 Å². The minimum Gasteiger partial charge on any atom is -0.490 e. The molecule has 1 saturated heterocycles. The van der Waals surface area contributed by atoms with E-state index in [1.807, 2.05) is 6.07 Å². The zero-order chi connectivity index (χ0) is 28.8. The van der Waals surface area contributed by atoms with Gasteiger partial charge in [-0.25, -0.2) is 4.39 Å². The zero-order valence-electron chi connectivity index (χ0n) is 22.6. The van der Waals surface area contributed by atoms with Crippen LogP contribution in [0.5, 0.6) is 5.75 Å². The smallest absolute Gasteiger partial charge is 0.270 e. The predicted octanol–water partition coefficient (Wildman–Crippen LogP) is 4.95. The van der Waals surface area contributed by atoms with Crippen LogP contribution in [0.3, 0.4) is 0 Å². The molecule has 2 aliphatic rings. The lowest BCUT2D eigenvalue weighted by Gasteiger charge is -2.31. The van der Waals surface area contributed by atoms with E-state index in [0.717, 1.165) is 25.7 Å². The average Bonchev–Trinajstić information content (AvgIpc) is 3.02. The van der Waals surface area contributed by atoms with Crippen LogP contribution in [-0.2, 0) is 0 Å². The highest BCUT2D eigenvalue weighted by atomic mass is 19.1. The summed E-state index contributed by atoms with van der Waals surface area (Å²) in [5.74, 6) is -0.251. The maximum absolute atomic E-state index is 13.1. The summed E-state index contributed by atoms with van der Waals surface area (Å²) in [6.45, 7) is 0.919. The number of amides is 2. The van der Waals surface area contributed by atoms with Crippen molar-refractivity contribution in [2.75, 3.05) is 13.1 Å². The van der Waals surface area contributed by atoms with Crippen LogP contribution in [-0.4, -0.2) is 52.7 Å². The van der Waals surface area contributed by atoms with Crippen LogP contribution >= 0.6 is 0 Å². The maximum Gasteiger partial charge on any atom is 0.270 e. The van der Waals surface area contributed by atoms with Crippen molar-refractivity contribution in [2.45, 2.75) is 50.7 Å². The number of benzene rings is 2. The fourth-order valence-electron chi connectivity index (χ4n) is 5.42. The van der Waals surface area contributed by atoms with Gasteiger partial charge in [-0.2, -0.15) is 5.26 Å². The lowest BCUT2D eigenvalue weighted by Crippen LogP contribution is -2.40. The Labute approximate surface area is 238 Å². The lowest BCUT2D eigenvalue weighted by molar-refractivity contribution is 0.0649. The molecule has 1 aromatic heterocycles. The highest BCUT2D eigenvalue weighted by molar-refractivity contribution is 5.99. The Hall–Kier alpha value is -4.58. The number of nitriles is 1. The third kappa shape index (κ3) is 6.95. The van der Waals surface area contributed by atoms with Crippen molar-refractivity contribution in [1.29, 1.82) is 5.26 Å². The molecule has 1 aliphatic heterocycles. The number of aromatic nitrogens is 1. The third-order valence-corrected chi connectivity index (χ3v) is 7.82. The SMILES string of the molecule is N#Cc1ccc(C(=O)C2CCN(C(=O)c3ccc(C(=O)NC4CCC(Oc5ccc(F)cc5)CC4)nc3)CC2)cc1. The molecule has 1 saturated carbocycles. The van der Waals surface area contributed by atoms with E-state index < -0.39 is 0 Å². The standard InChI is InChI=1S/C32H31FN4O4/c33-25-6-10-27(11-7-25)41-28-12-8-26(9-13-28)36-31(39)29-14-5-24(20-35-29)32(40)37-17-15-23(16-18-37)30(38)22-3-1-21(19-34)2-4-22/h1-7,10-11,14,20,23,26,28H,8-9,12-13,15-18H2,(H,36,39). The van der Waals surface area contributed by atoms with Gasteiger partial charge in [0.2, 0.25) is 0 Å². The van der Waals surface area contributed by atoms with Gasteiger partial charge in [0, 0.05) is 36.8 Å². The number of Topliss-reactive ketones (excluding diaryl/α,β-unsaturated/α-hetero) is 1. The van der Waals surface area contributed by atoms with Crippen molar-refractivity contribution >= 4 is 17.6 Å². The van der Waals surface area contributed by atoms with E-state index in [-0.39, 0.29) is 47.2 Å². The number of hydrogen-bond acceptors (Lipinski definition) is 6. The maximum atomic E-state index is 13.1. The van der Waals surface area contributed by atoms with Gasteiger partial charge >= 0.3 is 0 Å². The van der Waals surface area contributed by atoms with Gasteiger partial charge < -0.3 is 15.0 Å². The molecule has 1 aliphatic carbocycles. The Bertz CT molecular complexity index is 1420. The highest BCUT2D eigenvalue weighted by Crippen LogP contribution is 2.25. The Morgan fingerprint density at radius 2 is 1.54 bits per heavy atom. The molecule has 0 spiro atoms. The second-order valence-corrected chi connectivity index (χ2v) is 10.6. The first-order valence-electron chi connectivity index (χ1n) is 13.9. The number of hydrogen-bond donors (Lipinski definition) is 1. The van der Waals surface area contributed by atoms with E-state index in [2.05, 4.69) is 10.3 Å². The fraction of sp³-hybridized carbons (Fsp3) is 0.344. The van der Waals surface area contributed by atoms with Crippen LogP contribution in [0.25, 0.3) is 0 Å². The highest BCUT2D eigenvalue weighted by Gasteiger charge is 2.29. The predicted molar refractivity (Wildman–Crippen MR) is 149 cm³/mol. The number of pyridine rings is 1. The fourth-order valence-corrected chi connectivity index (χ4v) is 5.42. The van der Waals surface area contributed by atoms with Crippen LogP contribution in [0, 0.1) is 23.1 Å². The second-order valence-electron chi connectivity index (χ2n) is 10.6. The first kappa shape index (κ1) is 28.0. The monoisotopic (exact) mass is 554 g/mol. The molecule has 41 heavy (non-hydrogen) atoms. The van der Waals surface area contributed by atoms with E-state index in [4.69, 9.17) is 10.00 Å². The normalized spacial score (nSPS) is 19.2. The van der Waals surface area contributed by atoms with Crippen molar-refractivity contribution in [3.05, 3.63) is 95.1 Å². The third-order valence-electron chi connectivity index (χ3n) is 7.82. The second kappa shape index (κ2) is 12.7. The molecule has 1 N–H and O–H groups in total. The molecular weight excluding hydrogens is 523 g/mol. The van der Waals surface area contributed by atoms with Gasteiger partial charge in [0.1, 0.15) is 17.3 Å². The summed E-state index contributed by atoms with van der Waals surface area (Å²) < 4.78 is 19.0. The van der Waals surface area contributed by atoms with Gasteiger partial charge in [0.05, 0.1) is 23.3 Å². The van der Waals surface area contributed by atoms with Crippen molar-refractivity contribution in [3.8, 4) is 11.8 Å². The number of carbonyl (C=O) groups is 3. The Balaban J connectivity index is 1.07. The number of ether oxygens (including phenoxy) is 1. The van der Waals surface area contributed by atoms with E-state index in [1.165, 1.54) is 18.3 Å². The Kier molecular flexibility index (Phi) is 8.68. The van der Waals surface area contributed by atoms with Crippen LogP contribution < -0.4 is 10.1 Å². The van der Waals surface area contributed by atoms with Gasteiger partial charge in [-0.1, -0.05) is 12.1 Å². The molecular formula is C32H31FN4O4. The molecule has 2 aromatic carbocycles. The summed E-state index contributed by atoms with van der Waals surface area (Å²) in [6, 6.07) is 17.8. The molecule has 0 atom stereocenters. The number of ketones is 1. The largest absolute Gasteiger partial charge is 0.490 e. The topological polar surface area (TPSA) is 112 Å². The zero-order valence-corrected chi connectivity index (χ0v) is 22.6. The summed E-state index contributed by atoms with van der Waals surface area (Å²) in [5, 5.41) is 12.0. The Morgan fingerprint density at radius 1 is 0.878 bits per heavy atom. The first-order valence-corrected chi connectivity index (χ1v) is 13.9. The van der Waals surface area contributed by atoms with E-state index in [0.29, 0.717) is 48.4 Å². The molecule has 2 amide bonds. The van der Waals surface area contributed by atoms with Crippen LogP contribution in [0.4, 0.5) is 4.39 Å². The Morgan fingerprint density at radius 3 is 2.15 bits per heavy atom. The lowest BCUT2D eigenvalue weighted by atomic mass is 9.88. The molecule has 0 unspecified atom stereocenters. The van der Waals surface area contributed by atoms with Crippen molar-refractivity contribution in [1.82, 2.24) is 15.2 Å². The van der Waals surface area contributed by atoms with E-state index in [9.17, 15) is 18.8 Å². The number of likely N-dealkylation sites (tertiary alicyclic amines) is 1. The molecule has 5 rings (SSSR count). The number of carbonyl (C=O) groups excluding carboxylic acids is 3. The summed E-state index contributed by atoms with van der Waals surface area (Å²) >= 11 is 0.